The van der Waals surface area contributed by atoms with E-state index < -0.39 is 0 Å². The fourth-order valence-electron chi connectivity index (χ4n) is 11.9. The van der Waals surface area contributed by atoms with Crippen LogP contribution in [0.2, 0.25) is 0 Å². The van der Waals surface area contributed by atoms with Gasteiger partial charge in [0.15, 0.2) is 17.5 Å². The molecule has 0 aliphatic heterocycles. The lowest BCUT2D eigenvalue weighted by molar-refractivity contribution is 0.591. The molecule has 0 saturated heterocycles. The normalized spacial score (nSPS) is 11.5. The molecule has 0 spiro atoms. The van der Waals surface area contributed by atoms with Crippen LogP contribution >= 0.6 is 0 Å². The van der Waals surface area contributed by atoms with Crippen molar-refractivity contribution in [3.8, 4) is 112 Å². The van der Waals surface area contributed by atoms with E-state index in [0.717, 1.165) is 123 Å². The van der Waals surface area contributed by atoms with Crippen LogP contribution in [-0.2, 0) is 5.41 Å². The van der Waals surface area contributed by atoms with Crippen LogP contribution in [0.15, 0.2) is 335 Å². The van der Waals surface area contributed by atoms with Crippen molar-refractivity contribution in [2.75, 3.05) is 4.90 Å². The summed E-state index contributed by atoms with van der Waals surface area (Å²) in [6, 6.07) is 108. The maximum absolute atomic E-state index is 5.61. The van der Waals surface area contributed by atoms with Crippen LogP contribution in [0, 0.1) is 0 Å². The Labute approximate surface area is 523 Å². The van der Waals surface area contributed by atoms with Gasteiger partial charge < -0.3 is 4.90 Å². The van der Waals surface area contributed by atoms with E-state index in [0.29, 0.717) is 17.5 Å². The summed E-state index contributed by atoms with van der Waals surface area (Å²) in [5, 5.41) is 0. The average molecular weight is 1140 g/mol. The van der Waals surface area contributed by atoms with E-state index in [2.05, 4.69) is 330 Å². The summed E-state index contributed by atoms with van der Waals surface area (Å²) in [7, 11) is 0. The van der Waals surface area contributed by atoms with Crippen LogP contribution in [0.25, 0.3) is 118 Å². The van der Waals surface area contributed by atoms with Gasteiger partial charge in [-0.05, 0) is 138 Å². The molecule has 0 bridgehead atoms. The van der Waals surface area contributed by atoms with E-state index in [4.69, 9.17) is 15.0 Å². The van der Waals surface area contributed by atoms with E-state index >= 15 is 0 Å². The van der Waals surface area contributed by atoms with Crippen molar-refractivity contribution in [1.82, 2.24) is 15.0 Å². The van der Waals surface area contributed by atoms with Gasteiger partial charge in [-0.1, -0.05) is 301 Å². The van der Waals surface area contributed by atoms with Crippen molar-refractivity contribution in [3.63, 3.8) is 0 Å². The van der Waals surface area contributed by atoms with Gasteiger partial charge in [0.25, 0.3) is 0 Å². The maximum Gasteiger partial charge on any atom is 0.164 e. The van der Waals surface area contributed by atoms with Crippen molar-refractivity contribution in [2.24, 2.45) is 0 Å². The Bertz CT molecular complexity index is 4610. The first-order chi connectivity index (χ1) is 43.7. The lowest BCUT2D eigenvalue weighted by Gasteiger charge is -2.36. The van der Waals surface area contributed by atoms with Crippen molar-refractivity contribution in [2.45, 2.75) is 26.2 Å². The van der Waals surface area contributed by atoms with Gasteiger partial charge >= 0.3 is 0 Å². The first-order valence-corrected chi connectivity index (χ1v) is 30.3. The molecule has 0 saturated carbocycles. The predicted molar refractivity (Wildman–Crippen MR) is 376 cm³/mol. The highest BCUT2D eigenvalue weighted by molar-refractivity contribution is 6.03. The Morgan fingerprint density at radius 3 is 1.10 bits per heavy atom. The fourth-order valence-corrected chi connectivity index (χ4v) is 11.9. The van der Waals surface area contributed by atoms with Crippen molar-refractivity contribution in [1.29, 1.82) is 0 Å². The zero-order valence-corrected chi connectivity index (χ0v) is 50.3. The first kappa shape index (κ1) is 56.8. The number of benzene rings is 12. The van der Waals surface area contributed by atoms with Gasteiger partial charge in [0, 0.05) is 39.1 Å². The third-order valence-electron chi connectivity index (χ3n) is 16.4. The van der Waals surface area contributed by atoms with Gasteiger partial charge in [0.2, 0.25) is 0 Å². The number of hydrogen-bond acceptors (Lipinski definition) is 4. The molecule has 0 unspecified atom stereocenters. The predicted octanol–water partition coefficient (Wildman–Crippen LogP) is 23.1. The number of anilines is 3. The molecule has 12 aromatic carbocycles. The third-order valence-corrected chi connectivity index (χ3v) is 16.4. The van der Waals surface area contributed by atoms with Crippen molar-refractivity contribution >= 4 is 22.6 Å². The SMILES string of the molecule is C=C/C=C(\C=C)c1cc(-c2ccccc2)cc(-c2nc(-c3ccc(-c4ccccc4)cc3)nc(-c3cc(-c4ccccc4)c(N(c4ccc(-c5ccccc5)cc4-c4ccccc4)c4ccc(-c5ccccc5)cc4C(C)(C)C)c(-c4ccccc4)c3)n2)c1. The molecule has 89 heavy (non-hydrogen) atoms. The second kappa shape index (κ2) is 25.3. The molecular formula is C85H66N4. The Morgan fingerprint density at radius 2 is 0.652 bits per heavy atom. The van der Waals surface area contributed by atoms with E-state index in [9.17, 15) is 0 Å². The Hall–Kier alpha value is -11.3. The number of aromatic nitrogens is 3. The highest BCUT2D eigenvalue weighted by Gasteiger charge is 2.31. The molecule has 0 aliphatic carbocycles. The minimum absolute atomic E-state index is 0.322. The quantitative estimate of drug-likeness (QED) is 0.0904. The third kappa shape index (κ3) is 12.1. The van der Waals surface area contributed by atoms with Crippen LogP contribution in [-0.4, -0.2) is 15.0 Å². The number of rotatable bonds is 16. The van der Waals surface area contributed by atoms with Gasteiger partial charge in [0.05, 0.1) is 11.4 Å². The van der Waals surface area contributed by atoms with Gasteiger partial charge in [-0.25, -0.2) is 15.0 Å². The van der Waals surface area contributed by atoms with E-state index in [-0.39, 0.29) is 5.41 Å². The summed E-state index contributed by atoms with van der Waals surface area (Å²) in [5.74, 6) is 1.61. The summed E-state index contributed by atoms with van der Waals surface area (Å²) in [4.78, 5) is 19.1. The summed E-state index contributed by atoms with van der Waals surface area (Å²) < 4.78 is 0. The number of hydrogen-bond donors (Lipinski definition) is 0. The van der Waals surface area contributed by atoms with Crippen LogP contribution in [0.4, 0.5) is 17.1 Å². The van der Waals surface area contributed by atoms with Crippen molar-refractivity contribution < 1.29 is 0 Å². The minimum atomic E-state index is -0.322. The smallest absolute Gasteiger partial charge is 0.164 e. The van der Waals surface area contributed by atoms with E-state index in [1.807, 2.05) is 24.3 Å². The molecule has 13 aromatic rings. The Balaban J connectivity index is 1.13. The number of allylic oxidation sites excluding steroid dienone is 4. The van der Waals surface area contributed by atoms with Gasteiger partial charge in [-0.3, -0.25) is 0 Å². The molecule has 4 nitrogen and oxygen atoms in total. The van der Waals surface area contributed by atoms with Crippen LogP contribution < -0.4 is 4.90 Å². The summed E-state index contributed by atoms with van der Waals surface area (Å²) >= 11 is 0. The molecule has 1 aromatic heterocycles. The lowest BCUT2D eigenvalue weighted by Crippen LogP contribution is -2.21. The van der Waals surface area contributed by atoms with E-state index in [1.54, 1.807) is 6.08 Å². The van der Waals surface area contributed by atoms with Crippen LogP contribution in [0.1, 0.15) is 31.9 Å². The molecule has 0 atom stereocenters. The maximum atomic E-state index is 5.61. The standard InChI is InChI=1S/C85H66N4/c1-6-29-59(7-2)71-52-72(63-36-21-11-22-37-63)54-73(53-71)83-86-82(68-46-44-64(45-47-68)60-30-15-8-16-31-60)87-84(88-83)74-56-76(66-40-25-13-26-41-66)81(77(57-74)67-42-27-14-28-43-67)89(80-51-49-70(58-78(80)85(3,4)5)62-34-19-10-20-35-62)79-50-48-69(61-32-17-9-18-33-61)55-75(79)65-38-23-12-24-39-65/h6-58H,1-2H2,3-5H3/b59-29+. The van der Waals surface area contributed by atoms with Gasteiger partial charge in [0.1, 0.15) is 0 Å². The molecule has 0 fully saturated rings. The molecule has 1 heterocycles. The van der Waals surface area contributed by atoms with Gasteiger partial charge in [-0.15, -0.1) is 0 Å². The highest BCUT2D eigenvalue weighted by atomic mass is 15.2. The second-order valence-electron chi connectivity index (χ2n) is 23.3. The van der Waals surface area contributed by atoms with Crippen molar-refractivity contribution in [3.05, 3.63) is 346 Å². The largest absolute Gasteiger partial charge is 0.308 e. The highest BCUT2D eigenvalue weighted by Crippen LogP contribution is 2.53. The molecule has 0 N–H and O–H groups in total. The molecule has 0 amide bonds. The Kier molecular flexibility index (Phi) is 16.2. The summed E-state index contributed by atoms with van der Waals surface area (Å²) in [6.07, 6.45) is 5.66. The lowest BCUT2D eigenvalue weighted by atomic mass is 9.82. The number of nitrogens with zero attached hydrogens (tertiary/aromatic N) is 4. The minimum Gasteiger partial charge on any atom is -0.308 e. The van der Waals surface area contributed by atoms with E-state index in [1.165, 1.54) is 5.56 Å². The van der Waals surface area contributed by atoms with Crippen LogP contribution in [0.3, 0.4) is 0 Å². The fraction of sp³-hybridized carbons (Fsp3) is 0.0471. The molecule has 13 rings (SSSR count). The molecule has 0 aliphatic rings. The topological polar surface area (TPSA) is 41.9 Å². The Morgan fingerprint density at radius 1 is 0.315 bits per heavy atom. The monoisotopic (exact) mass is 1140 g/mol. The molecular weight excluding hydrogens is 1080 g/mol. The summed E-state index contributed by atoms with van der Waals surface area (Å²) in [6.45, 7) is 15.3. The molecule has 426 valence electrons. The van der Waals surface area contributed by atoms with Gasteiger partial charge in [-0.2, -0.15) is 0 Å². The molecule has 4 heteroatoms. The zero-order valence-electron chi connectivity index (χ0n) is 50.3. The summed E-state index contributed by atoms with van der Waals surface area (Å²) in [5.41, 5.74) is 23.5. The van der Waals surface area contributed by atoms with Crippen LogP contribution in [0.5, 0.6) is 0 Å². The first-order valence-electron chi connectivity index (χ1n) is 30.3. The molecule has 0 radical (unpaired) electrons. The average Bonchev–Trinajstić information content (AvgIpc) is 0.838. The zero-order chi connectivity index (χ0) is 60.7. The second-order valence-corrected chi connectivity index (χ2v) is 23.3.